The van der Waals surface area contributed by atoms with E-state index in [0.717, 1.165) is 16.1 Å². The fraction of sp³-hybridized carbons (Fsp3) is 0.750. The normalized spacial score (nSPS) is 11.5. The van der Waals surface area contributed by atoms with Crippen molar-refractivity contribution < 1.29 is 23.1 Å². The zero-order chi connectivity index (χ0) is 13.5. The monoisotopic (exact) mass is 284 g/mol. The Bertz CT molecular complexity index is 366. The van der Waals surface area contributed by atoms with E-state index in [2.05, 4.69) is 5.32 Å². The number of aliphatic carboxylic acids is 1. The fourth-order valence-corrected chi connectivity index (χ4v) is 2.07. The molecule has 9 heteroatoms. The van der Waals surface area contributed by atoms with Crippen LogP contribution in [-0.2, 0) is 19.6 Å². The molecule has 2 N–H and O–H groups in total. The van der Waals surface area contributed by atoms with Gasteiger partial charge in [0, 0.05) is 20.6 Å². The molecular formula is C8H16N2O5S2. The molecule has 0 atom stereocenters. The number of nitrogens with zero attached hydrogens (tertiary/aromatic N) is 1. The largest absolute Gasteiger partial charge is 0.481 e. The molecule has 1 amide bonds. The molecule has 0 saturated heterocycles. The van der Waals surface area contributed by atoms with Crippen LogP contribution in [0.3, 0.4) is 0 Å². The lowest BCUT2D eigenvalue weighted by Gasteiger charge is -2.11. The van der Waals surface area contributed by atoms with Gasteiger partial charge in [-0.15, -0.1) is 11.8 Å². The number of carbonyl (C=O) groups excluding carboxylic acids is 1. The predicted octanol–water partition coefficient (Wildman–Crippen LogP) is -1.19. The van der Waals surface area contributed by atoms with Gasteiger partial charge in [-0.05, 0) is 0 Å². The third-order valence-corrected chi connectivity index (χ3v) is 4.45. The highest BCUT2D eigenvalue weighted by molar-refractivity contribution is 8.00. The molecule has 0 heterocycles. The molecule has 0 aromatic heterocycles. The van der Waals surface area contributed by atoms with Crippen molar-refractivity contribution in [1.82, 2.24) is 9.62 Å². The SMILES string of the molecule is CN(C)S(=O)(=O)CCNC(=O)CSCC(=O)O. The van der Waals surface area contributed by atoms with Gasteiger partial charge in [0.25, 0.3) is 0 Å². The number of nitrogens with one attached hydrogen (secondary N) is 1. The van der Waals surface area contributed by atoms with Gasteiger partial charge in [-0.25, -0.2) is 12.7 Å². The van der Waals surface area contributed by atoms with E-state index in [4.69, 9.17) is 5.11 Å². The van der Waals surface area contributed by atoms with Crippen molar-refractivity contribution in [3.05, 3.63) is 0 Å². The Balaban J connectivity index is 3.76. The molecule has 0 fully saturated rings. The van der Waals surface area contributed by atoms with Crippen molar-refractivity contribution in [2.45, 2.75) is 0 Å². The summed E-state index contributed by atoms with van der Waals surface area (Å²) in [5.74, 6) is -1.67. The van der Waals surface area contributed by atoms with Crippen molar-refractivity contribution >= 4 is 33.7 Å². The molecule has 0 radical (unpaired) electrons. The summed E-state index contributed by atoms with van der Waals surface area (Å²) >= 11 is 0.962. The van der Waals surface area contributed by atoms with E-state index in [0.29, 0.717) is 0 Å². The van der Waals surface area contributed by atoms with E-state index >= 15 is 0 Å². The van der Waals surface area contributed by atoms with E-state index in [-0.39, 0.29) is 29.7 Å². The summed E-state index contributed by atoms with van der Waals surface area (Å²) in [6, 6.07) is 0. The third kappa shape index (κ3) is 8.00. The molecule has 0 bridgehead atoms. The first kappa shape index (κ1) is 16.2. The Kier molecular flexibility index (Phi) is 7.16. The lowest BCUT2D eigenvalue weighted by molar-refractivity contribution is -0.133. The van der Waals surface area contributed by atoms with E-state index in [1.54, 1.807) is 0 Å². The van der Waals surface area contributed by atoms with Crippen LogP contribution in [0.25, 0.3) is 0 Å². The van der Waals surface area contributed by atoms with Crippen LogP contribution >= 0.6 is 11.8 Å². The van der Waals surface area contributed by atoms with Gasteiger partial charge in [-0.3, -0.25) is 9.59 Å². The van der Waals surface area contributed by atoms with Crippen molar-refractivity contribution in [1.29, 1.82) is 0 Å². The predicted molar refractivity (Wildman–Crippen MR) is 65.4 cm³/mol. The molecule has 0 aromatic carbocycles. The van der Waals surface area contributed by atoms with Crippen molar-refractivity contribution in [3.8, 4) is 0 Å². The first-order chi connectivity index (χ1) is 7.75. The second-order valence-electron chi connectivity index (χ2n) is 3.33. The Morgan fingerprint density at radius 3 is 2.35 bits per heavy atom. The minimum absolute atomic E-state index is 0.00825. The second-order valence-corrected chi connectivity index (χ2v) is 6.62. The smallest absolute Gasteiger partial charge is 0.313 e. The summed E-state index contributed by atoms with van der Waals surface area (Å²) in [6.45, 7) is 0.0208. The van der Waals surface area contributed by atoms with Crippen LogP contribution < -0.4 is 5.32 Å². The molecule has 100 valence electrons. The number of hydrogen-bond donors (Lipinski definition) is 2. The zero-order valence-electron chi connectivity index (χ0n) is 9.67. The van der Waals surface area contributed by atoms with E-state index in [9.17, 15) is 18.0 Å². The number of hydrogen-bond acceptors (Lipinski definition) is 5. The minimum atomic E-state index is -3.31. The molecule has 7 nitrogen and oxygen atoms in total. The average Bonchev–Trinajstić information content (AvgIpc) is 2.16. The zero-order valence-corrected chi connectivity index (χ0v) is 11.3. The fourth-order valence-electron chi connectivity index (χ4n) is 0.784. The van der Waals surface area contributed by atoms with Crippen molar-refractivity contribution in [2.24, 2.45) is 0 Å². The van der Waals surface area contributed by atoms with Gasteiger partial charge in [-0.2, -0.15) is 0 Å². The lowest BCUT2D eigenvalue weighted by Crippen LogP contribution is -2.34. The molecule has 0 rings (SSSR count). The van der Waals surface area contributed by atoms with E-state index < -0.39 is 16.0 Å². The number of thioether (sulfide) groups is 1. The standard InChI is InChI=1S/C8H16N2O5S2/c1-10(2)17(14,15)4-3-9-7(11)5-16-6-8(12)13/h3-6H2,1-2H3,(H,9,11)(H,12,13). The van der Waals surface area contributed by atoms with Crippen LogP contribution in [0.2, 0.25) is 0 Å². The number of carboxylic acid groups (broad SMARTS) is 1. The highest BCUT2D eigenvalue weighted by atomic mass is 32.2. The van der Waals surface area contributed by atoms with Gasteiger partial charge in [0.2, 0.25) is 15.9 Å². The van der Waals surface area contributed by atoms with Crippen molar-refractivity contribution in [3.63, 3.8) is 0 Å². The number of amides is 1. The van der Waals surface area contributed by atoms with Crippen LogP contribution in [0.4, 0.5) is 0 Å². The molecular weight excluding hydrogens is 268 g/mol. The first-order valence-corrected chi connectivity index (χ1v) is 7.48. The summed E-state index contributed by atoms with van der Waals surface area (Å²) in [5.41, 5.74) is 0. The van der Waals surface area contributed by atoms with Crippen LogP contribution in [-0.4, -0.2) is 67.6 Å². The summed E-state index contributed by atoms with van der Waals surface area (Å²) in [4.78, 5) is 21.3. The van der Waals surface area contributed by atoms with Gasteiger partial charge in [0.1, 0.15) is 0 Å². The maximum absolute atomic E-state index is 11.3. The maximum atomic E-state index is 11.3. The van der Waals surface area contributed by atoms with Crippen LogP contribution in [0.1, 0.15) is 0 Å². The van der Waals surface area contributed by atoms with E-state index in [1.165, 1.54) is 14.1 Å². The highest BCUT2D eigenvalue weighted by Gasteiger charge is 2.13. The quantitative estimate of drug-likeness (QED) is 0.581. The van der Waals surface area contributed by atoms with Crippen LogP contribution in [0, 0.1) is 0 Å². The van der Waals surface area contributed by atoms with Crippen molar-refractivity contribution in [2.75, 3.05) is 37.9 Å². The summed E-state index contributed by atoms with van der Waals surface area (Å²) in [6.07, 6.45) is 0. The number of carbonyl (C=O) groups is 2. The van der Waals surface area contributed by atoms with Gasteiger partial charge in [0.15, 0.2) is 0 Å². The Morgan fingerprint density at radius 2 is 1.88 bits per heavy atom. The number of rotatable bonds is 8. The minimum Gasteiger partial charge on any atom is -0.481 e. The third-order valence-electron chi connectivity index (χ3n) is 1.70. The molecule has 0 spiro atoms. The Labute approximate surface area is 105 Å². The molecule has 0 aliphatic rings. The average molecular weight is 284 g/mol. The molecule has 0 aliphatic heterocycles. The van der Waals surface area contributed by atoms with E-state index in [1.807, 2.05) is 0 Å². The molecule has 0 aromatic rings. The van der Waals surface area contributed by atoms with Gasteiger partial charge < -0.3 is 10.4 Å². The van der Waals surface area contributed by atoms with Gasteiger partial charge >= 0.3 is 5.97 Å². The number of sulfonamides is 1. The van der Waals surface area contributed by atoms with Crippen LogP contribution in [0.5, 0.6) is 0 Å². The second kappa shape index (κ2) is 7.51. The summed E-state index contributed by atoms with van der Waals surface area (Å²) < 4.78 is 23.7. The topological polar surface area (TPSA) is 104 Å². The van der Waals surface area contributed by atoms with Crippen LogP contribution in [0.15, 0.2) is 0 Å². The molecule has 0 unspecified atom stereocenters. The first-order valence-electron chi connectivity index (χ1n) is 4.72. The highest BCUT2D eigenvalue weighted by Crippen LogP contribution is 1.98. The number of carboxylic acids is 1. The molecule has 0 aliphatic carbocycles. The summed E-state index contributed by atoms with van der Waals surface area (Å²) in [5, 5.41) is 10.7. The molecule has 0 saturated carbocycles. The lowest BCUT2D eigenvalue weighted by atomic mass is 10.6. The summed E-state index contributed by atoms with van der Waals surface area (Å²) in [7, 11) is -0.477. The Morgan fingerprint density at radius 1 is 1.29 bits per heavy atom. The maximum Gasteiger partial charge on any atom is 0.313 e. The molecule has 17 heavy (non-hydrogen) atoms. The van der Waals surface area contributed by atoms with Gasteiger partial charge in [-0.1, -0.05) is 0 Å². The van der Waals surface area contributed by atoms with Gasteiger partial charge in [0.05, 0.1) is 17.3 Å². The Hall–Kier alpha value is -0.800.